The lowest BCUT2D eigenvalue weighted by Gasteiger charge is -2.18. The van der Waals surface area contributed by atoms with Gasteiger partial charge in [0.1, 0.15) is 13.2 Å². The number of ether oxygens (including phenoxy) is 2. The summed E-state index contributed by atoms with van der Waals surface area (Å²) >= 11 is 0. The third-order valence-corrected chi connectivity index (χ3v) is 3.30. The predicted octanol–water partition coefficient (Wildman–Crippen LogP) is 2.79. The molecular weight excluding hydrogens is 278 g/mol. The summed E-state index contributed by atoms with van der Waals surface area (Å²) in [5.41, 5.74) is 1.97. The Balaban J connectivity index is 1.56. The summed E-state index contributed by atoms with van der Waals surface area (Å²) in [6.07, 6.45) is 3.33. The Kier molecular flexibility index (Phi) is 4.39. The maximum atomic E-state index is 11.8. The van der Waals surface area contributed by atoms with E-state index in [-0.39, 0.29) is 5.91 Å². The number of fused-ring (bicyclic) bond motifs is 1. The van der Waals surface area contributed by atoms with E-state index in [0.29, 0.717) is 19.8 Å². The van der Waals surface area contributed by atoms with E-state index < -0.39 is 0 Å². The molecule has 0 fully saturated rings. The van der Waals surface area contributed by atoms with Gasteiger partial charge in [0.2, 0.25) is 5.91 Å². The van der Waals surface area contributed by atoms with E-state index in [0.717, 1.165) is 22.6 Å². The van der Waals surface area contributed by atoms with Crippen LogP contribution in [0, 0.1) is 0 Å². The first kappa shape index (κ1) is 14.2. The highest BCUT2D eigenvalue weighted by Crippen LogP contribution is 2.30. The molecule has 4 heteroatoms. The Morgan fingerprint density at radius 3 is 2.64 bits per heavy atom. The van der Waals surface area contributed by atoms with Crippen molar-refractivity contribution in [2.75, 3.05) is 13.2 Å². The normalized spacial score (nSPS) is 13.1. The van der Waals surface area contributed by atoms with Crippen LogP contribution in [0.25, 0.3) is 6.08 Å². The van der Waals surface area contributed by atoms with Crippen molar-refractivity contribution in [2.45, 2.75) is 6.54 Å². The SMILES string of the molecule is O=C(C=Cc1ccccc1)NCc1ccc2c(c1)OCCO2. The maximum Gasteiger partial charge on any atom is 0.244 e. The molecule has 0 radical (unpaired) electrons. The van der Waals surface area contributed by atoms with Gasteiger partial charge >= 0.3 is 0 Å². The molecule has 2 aromatic rings. The molecule has 0 atom stereocenters. The van der Waals surface area contributed by atoms with Crippen LogP contribution < -0.4 is 14.8 Å². The molecule has 3 rings (SSSR count). The van der Waals surface area contributed by atoms with Crippen LogP contribution in [0.15, 0.2) is 54.6 Å². The number of benzene rings is 2. The van der Waals surface area contributed by atoms with Crippen LogP contribution in [0.4, 0.5) is 0 Å². The standard InChI is InChI=1S/C18H17NO3/c20-18(9-7-14-4-2-1-3-5-14)19-13-15-6-8-16-17(12-15)22-11-10-21-16/h1-9,12H,10-11,13H2,(H,19,20). The first-order valence-electron chi connectivity index (χ1n) is 7.21. The third-order valence-electron chi connectivity index (χ3n) is 3.30. The van der Waals surface area contributed by atoms with Crippen molar-refractivity contribution in [1.29, 1.82) is 0 Å². The van der Waals surface area contributed by atoms with E-state index in [1.54, 1.807) is 6.08 Å². The molecule has 22 heavy (non-hydrogen) atoms. The average molecular weight is 295 g/mol. The van der Waals surface area contributed by atoms with Crippen molar-refractivity contribution in [1.82, 2.24) is 5.32 Å². The number of nitrogens with one attached hydrogen (secondary N) is 1. The van der Waals surface area contributed by atoms with Gasteiger partial charge < -0.3 is 14.8 Å². The fourth-order valence-electron chi connectivity index (χ4n) is 2.18. The van der Waals surface area contributed by atoms with Crippen molar-refractivity contribution >= 4 is 12.0 Å². The van der Waals surface area contributed by atoms with E-state index in [1.165, 1.54) is 6.08 Å². The van der Waals surface area contributed by atoms with Crippen LogP contribution in [0.1, 0.15) is 11.1 Å². The molecule has 112 valence electrons. The highest BCUT2D eigenvalue weighted by atomic mass is 16.6. The Labute approximate surface area is 129 Å². The first-order valence-corrected chi connectivity index (χ1v) is 7.21. The third kappa shape index (κ3) is 3.67. The Morgan fingerprint density at radius 1 is 1.05 bits per heavy atom. The van der Waals surface area contributed by atoms with Gasteiger partial charge in [-0.2, -0.15) is 0 Å². The summed E-state index contributed by atoms with van der Waals surface area (Å²) < 4.78 is 11.0. The van der Waals surface area contributed by atoms with Crippen LogP contribution >= 0.6 is 0 Å². The van der Waals surface area contributed by atoms with Crippen LogP contribution in [0.2, 0.25) is 0 Å². The number of rotatable bonds is 4. The Morgan fingerprint density at radius 2 is 1.82 bits per heavy atom. The van der Waals surface area contributed by atoms with Gasteiger partial charge in [-0.1, -0.05) is 36.4 Å². The fourth-order valence-corrected chi connectivity index (χ4v) is 2.18. The van der Waals surface area contributed by atoms with Crippen molar-refractivity contribution in [3.8, 4) is 11.5 Å². The molecule has 0 aromatic heterocycles. The number of carbonyl (C=O) groups is 1. The largest absolute Gasteiger partial charge is 0.486 e. The van der Waals surface area contributed by atoms with E-state index in [1.807, 2.05) is 48.5 Å². The monoisotopic (exact) mass is 295 g/mol. The summed E-state index contributed by atoms with van der Waals surface area (Å²) in [5.74, 6) is 1.36. The number of hydrogen-bond donors (Lipinski definition) is 1. The molecule has 0 bridgehead atoms. The number of amides is 1. The van der Waals surface area contributed by atoms with Crippen molar-refractivity contribution < 1.29 is 14.3 Å². The van der Waals surface area contributed by atoms with E-state index >= 15 is 0 Å². The minimum Gasteiger partial charge on any atom is -0.486 e. The molecule has 1 aliphatic rings. The molecule has 0 saturated carbocycles. The average Bonchev–Trinajstić information content (AvgIpc) is 2.59. The molecule has 2 aromatic carbocycles. The Bertz CT molecular complexity index is 680. The quantitative estimate of drug-likeness (QED) is 0.882. The summed E-state index contributed by atoms with van der Waals surface area (Å²) in [6.45, 7) is 1.59. The van der Waals surface area contributed by atoms with Crippen LogP contribution in [0.5, 0.6) is 11.5 Å². The minimum absolute atomic E-state index is 0.126. The molecule has 4 nitrogen and oxygen atoms in total. The van der Waals surface area contributed by atoms with Gasteiger partial charge in [0.05, 0.1) is 0 Å². The second kappa shape index (κ2) is 6.80. The second-order valence-electron chi connectivity index (χ2n) is 4.94. The number of hydrogen-bond acceptors (Lipinski definition) is 3. The molecule has 1 aliphatic heterocycles. The lowest BCUT2D eigenvalue weighted by atomic mass is 10.2. The molecule has 1 amide bonds. The smallest absolute Gasteiger partial charge is 0.244 e. The molecule has 0 aliphatic carbocycles. The van der Waals surface area contributed by atoms with Crippen LogP contribution in [-0.4, -0.2) is 19.1 Å². The summed E-state index contributed by atoms with van der Waals surface area (Å²) in [4.78, 5) is 11.8. The summed E-state index contributed by atoms with van der Waals surface area (Å²) in [7, 11) is 0. The number of carbonyl (C=O) groups excluding carboxylic acids is 1. The molecule has 0 unspecified atom stereocenters. The minimum atomic E-state index is -0.126. The van der Waals surface area contributed by atoms with Gasteiger partial charge in [-0.15, -0.1) is 0 Å². The molecule has 1 N–H and O–H groups in total. The van der Waals surface area contributed by atoms with E-state index in [9.17, 15) is 4.79 Å². The highest BCUT2D eigenvalue weighted by Gasteiger charge is 2.11. The van der Waals surface area contributed by atoms with Crippen molar-refractivity contribution in [3.05, 3.63) is 65.7 Å². The molecular formula is C18H17NO3. The predicted molar refractivity (Wildman–Crippen MR) is 84.8 cm³/mol. The fraction of sp³-hybridized carbons (Fsp3) is 0.167. The molecule has 0 saturated heterocycles. The molecule has 1 heterocycles. The summed E-state index contributed by atoms with van der Waals surface area (Å²) in [5, 5.41) is 2.85. The van der Waals surface area contributed by atoms with Gasteiger partial charge in [-0.3, -0.25) is 4.79 Å². The van der Waals surface area contributed by atoms with E-state index in [4.69, 9.17) is 9.47 Å². The topological polar surface area (TPSA) is 47.6 Å². The lowest BCUT2D eigenvalue weighted by Crippen LogP contribution is -2.20. The molecule has 0 spiro atoms. The summed E-state index contributed by atoms with van der Waals surface area (Å²) in [6, 6.07) is 15.4. The zero-order valence-corrected chi connectivity index (χ0v) is 12.1. The van der Waals surface area contributed by atoms with Gasteiger partial charge in [-0.25, -0.2) is 0 Å². The van der Waals surface area contributed by atoms with Crippen LogP contribution in [0.3, 0.4) is 0 Å². The van der Waals surface area contributed by atoms with Gasteiger partial charge in [-0.05, 0) is 29.3 Å². The highest BCUT2D eigenvalue weighted by molar-refractivity contribution is 5.91. The Hall–Kier alpha value is -2.75. The van der Waals surface area contributed by atoms with Crippen LogP contribution in [-0.2, 0) is 11.3 Å². The van der Waals surface area contributed by atoms with Gasteiger partial charge in [0.15, 0.2) is 11.5 Å². The lowest BCUT2D eigenvalue weighted by molar-refractivity contribution is -0.116. The van der Waals surface area contributed by atoms with Gasteiger partial charge in [0.25, 0.3) is 0 Å². The van der Waals surface area contributed by atoms with Gasteiger partial charge in [0, 0.05) is 12.6 Å². The first-order chi connectivity index (χ1) is 10.8. The maximum absolute atomic E-state index is 11.8. The second-order valence-corrected chi connectivity index (χ2v) is 4.94. The van der Waals surface area contributed by atoms with Crippen molar-refractivity contribution in [3.63, 3.8) is 0 Å². The zero-order valence-electron chi connectivity index (χ0n) is 12.1. The van der Waals surface area contributed by atoms with Crippen molar-refractivity contribution in [2.24, 2.45) is 0 Å². The van der Waals surface area contributed by atoms with E-state index in [2.05, 4.69) is 5.32 Å². The zero-order chi connectivity index (χ0) is 15.2.